The molecule has 1 atom stereocenters. The van der Waals surface area contributed by atoms with Gasteiger partial charge in [0.1, 0.15) is 5.75 Å². The molecule has 3 nitrogen and oxygen atoms in total. The first kappa shape index (κ1) is 13.6. The zero-order valence-electron chi connectivity index (χ0n) is 10.8. The molecule has 1 aromatic carbocycles. The van der Waals surface area contributed by atoms with E-state index in [1.54, 1.807) is 7.11 Å². The lowest BCUT2D eigenvalue weighted by Crippen LogP contribution is -2.33. The number of amides is 1. The van der Waals surface area contributed by atoms with Crippen molar-refractivity contribution in [3.05, 3.63) is 29.8 Å². The van der Waals surface area contributed by atoms with Gasteiger partial charge in [-0.25, -0.2) is 0 Å². The lowest BCUT2D eigenvalue weighted by Gasteiger charge is -2.15. The van der Waals surface area contributed by atoms with Crippen molar-refractivity contribution >= 4 is 5.91 Å². The molecule has 3 heteroatoms. The Hall–Kier alpha value is -1.51. The van der Waals surface area contributed by atoms with Crippen LogP contribution >= 0.6 is 0 Å². The lowest BCUT2D eigenvalue weighted by atomic mass is 10.1. The fourth-order valence-electron chi connectivity index (χ4n) is 1.83. The predicted octanol–water partition coefficient (Wildman–Crippen LogP) is 2.54. The van der Waals surface area contributed by atoms with Crippen LogP contribution in [0.2, 0.25) is 0 Å². The Balaban J connectivity index is 2.55. The van der Waals surface area contributed by atoms with Gasteiger partial charge in [0.25, 0.3) is 0 Å². The summed E-state index contributed by atoms with van der Waals surface area (Å²) in [6.07, 6.45) is 2.27. The smallest absolute Gasteiger partial charge is 0.220 e. The number of hydrogen-bond acceptors (Lipinski definition) is 2. The van der Waals surface area contributed by atoms with Crippen molar-refractivity contribution in [1.29, 1.82) is 0 Å². The molecule has 0 heterocycles. The van der Waals surface area contributed by atoms with Gasteiger partial charge in [-0.1, -0.05) is 25.1 Å². The van der Waals surface area contributed by atoms with Crippen LogP contribution in [0.4, 0.5) is 0 Å². The van der Waals surface area contributed by atoms with E-state index in [1.807, 2.05) is 38.1 Å². The first-order chi connectivity index (χ1) is 8.17. The molecule has 0 bridgehead atoms. The average molecular weight is 235 g/mol. The zero-order chi connectivity index (χ0) is 12.7. The van der Waals surface area contributed by atoms with Crippen molar-refractivity contribution in [3.8, 4) is 5.75 Å². The molecular formula is C14H21NO2. The van der Waals surface area contributed by atoms with Crippen LogP contribution in [-0.4, -0.2) is 19.1 Å². The largest absolute Gasteiger partial charge is 0.496 e. The van der Waals surface area contributed by atoms with Gasteiger partial charge in [-0.3, -0.25) is 4.79 Å². The van der Waals surface area contributed by atoms with E-state index in [0.717, 1.165) is 24.2 Å². The Morgan fingerprint density at radius 2 is 2.12 bits per heavy atom. The highest BCUT2D eigenvalue weighted by Gasteiger charge is 2.09. The normalized spacial score (nSPS) is 11.9. The summed E-state index contributed by atoms with van der Waals surface area (Å²) in [6.45, 7) is 4.02. The third-order valence-corrected chi connectivity index (χ3v) is 2.60. The molecule has 0 saturated carbocycles. The first-order valence-electron chi connectivity index (χ1n) is 6.08. The zero-order valence-corrected chi connectivity index (χ0v) is 10.8. The third-order valence-electron chi connectivity index (χ3n) is 2.60. The molecule has 0 aliphatic heterocycles. The topological polar surface area (TPSA) is 38.3 Å². The molecule has 1 amide bonds. The Morgan fingerprint density at radius 1 is 1.41 bits per heavy atom. The van der Waals surface area contributed by atoms with Crippen LogP contribution < -0.4 is 10.1 Å². The Labute approximate surface area is 103 Å². The van der Waals surface area contributed by atoms with E-state index < -0.39 is 0 Å². The minimum Gasteiger partial charge on any atom is -0.496 e. The second kappa shape index (κ2) is 6.94. The van der Waals surface area contributed by atoms with E-state index in [1.165, 1.54) is 0 Å². The quantitative estimate of drug-likeness (QED) is 0.823. The van der Waals surface area contributed by atoms with Crippen LogP contribution in [0.1, 0.15) is 32.3 Å². The van der Waals surface area contributed by atoms with Gasteiger partial charge in [0.15, 0.2) is 0 Å². The molecule has 0 saturated heterocycles. The number of carbonyl (C=O) groups is 1. The summed E-state index contributed by atoms with van der Waals surface area (Å²) in [5.74, 6) is 0.999. The van der Waals surface area contributed by atoms with Crippen molar-refractivity contribution in [3.63, 3.8) is 0 Å². The van der Waals surface area contributed by atoms with Crippen LogP contribution in [0, 0.1) is 0 Å². The van der Waals surface area contributed by atoms with E-state index in [9.17, 15) is 4.79 Å². The number of hydrogen-bond donors (Lipinski definition) is 1. The van der Waals surface area contributed by atoms with Crippen LogP contribution in [0.3, 0.4) is 0 Å². The molecule has 0 spiro atoms. The third kappa shape index (κ3) is 4.47. The second-order valence-corrected chi connectivity index (χ2v) is 4.23. The number of benzene rings is 1. The van der Waals surface area contributed by atoms with Crippen LogP contribution in [0.15, 0.2) is 24.3 Å². The van der Waals surface area contributed by atoms with E-state index in [4.69, 9.17) is 4.74 Å². The number of ether oxygens (including phenoxy) is 1. The number of methoxy groups -OCH3 is 1. The van der Waals surface area contributed by atoms with E-state index >= 15 is 0 Å². The van der Waals surface area contributed by atoms with Crippen LogP contribution in [-0.2, 0) is 11.2 Å². The van der Waals surface area contributed by atoms with Gasteiger partial charge in [0.2, 0.25) is 5.91 Å². The fraction of sp³-hybridized carbons (Fsp3) is 0.500. The Bertz CT molecular complexity index is 363. The molecule has 1 rings (SSSR count). The van der Waals surface area contributed by atoms with Crippen LogP contribution in [0.25, 0.3) is 0 Å². The minimum absolute atomic E-state index is 0.120. The summed E-state index contributed by atoms with van der Waals surface area (Å²) < 4.78 is 5.29. The molecule has 0 aromatic heterocycles. The maximum atomic E-state index is 11.5. The highest BCUT2D eigenvalue weighted by atomic mass is 16.5. The van der Waals surface area contributed by atoms with Gasteiger partial charge >= 0.3 is 0 Å². The summed E-state index contributed by atoms with van der Waals surface area (Å²) >= 11 is 0. The van der Waals surface area contributed by atoms with Crippen LogP contribution in [0.5, 0.6) is 5.75 Å². The highest BCUT2D eigenvalue weighted by Crippen LogP contribution is 2.18. The molecular weight excluding hydrogens is 214 g/mol. The Kier molecular flexibility index (Phi) is 5.53. The maximum absolute atomic E-state index is 11.5. The van der Waals surface area contributed by atoms with E-state index in [0.29, 0.717) is 6.42 Å². The summed E-state index contributed by atoms with van der Waals surface area (Å²) in [5.41, 5.74) is 1.12. The van der Waals surface area contributed by atoms with Crippen molar-refractivity contribution in [2.75, 3.05) is 7.11 Å². The molecule has 0 aliphatic carbocycles. The molecule has 0 fully saturated rings. The number of para-hydroxylation sites is 1. The van der Waals surface area contributed by atoms with Gasteiger partial charge < -0.3 is 10.1 Å². The standard InChI is InChI=1S/C14H21NO2/c1-4-7-14(16)15-11(2)10-12-8-5-6-9-13(12)17-3/h5-6,8-9,11H,4,7,10H2,1-3H3,(H,15,16). The predicted molar refractivity (Wildman–Crippen MR) is 69.2 cm³/mol. The monoisotopic (exact) mass is 235 g/mol. The van der Waals surface area contributed by atoms with Crippen molar-refractivity contribution in [1.82, 2.24) is 5.32 Å². The number of nitrogens with one attached hydrogen (secondary N) is 1. The second-order valence-electron chi connectivity index (χ2n) is 4.23. The summed E-state index contributed by atoms with van der Waals surface area (Å²) in [5, 5.41) is 2.99. The summed E-state index contributed by atoms with van der Waals surface area (Å²) in [7, 11) is 1.67. The molecule has 1 N–H and O–H groups in total. The summed E-state index contributed by atoms with van der Waals surface area (Å²) in [6, 6.07) is 8.03. The van der Waals surface area contributed by atoms with Gasteiger partial charge in [0, 0.05) is 12.5 Å². The summed E-state index contributed by atoms with van der Waals surface area (Å²) in [4.78, 5) is 11.5. The highest BCUT2D eigenvalue weighted by molar-refractivity contribution is 5.76. The van der Waals surface area contributed by atoms with Crippen molar-refractivity contribution in [2.45, 2.75) is 39.2 Å². The van der Waals surface area contributed by atoms with Gasteiger partial charge in [0.05, 0.1) is 7.11 Å². The fourth-order valence-corrected chi connectivity index (χ4v) is 1.83. The number of rotatable bonds is 6. The molecule has 0 aliphatic rings. The molecule has 1 aromatic rings. The van der Waals surface area contributed by atoms with Gasteiger partial charge in [-0.15, -0.1) is 0 Å². The minimum atomic E-state index is 0.120. The average Bonchev–Trinajstić information content (AvgIpc) is 2.29. The van der Waals surface area contributed by atoms with Gasteiger partial charge in [-0.2, -0.15) is 0 Å². The maximum Gasteiger partial charge on any atom is 0.220 e. The SMILES string of the molecule is CCCC(=O)NC(C)Cc1ccccc1OC. The lowest BCUT2D eigenvalue weighted by molar-refractivity contribution is -0.121. The first-order valence-corrected chi connectivity index (χ1v) is 6.08. The van der Waals surface area contributed by atoms with Crippen molar-refractivity contribution in [2.24, 2.45) is 0 Å². The van der Waals surface area contributed by atoms with Crippen molar-refractivity contribution < 1.29 is 9.53 Å². The van der Waals surface area contributed by atoms with E-state index in [-0.39, 0.29) is 11.9 Å². The molecule has 1 unspecified atom stereocenters. The van der Waals surface area contributed by atoms with Gasteiger partial charge in [-0.05, 0) is 31.4 Å². The molecule has 0 radical (unpaired) electrons. The Morgan fingerprint density at radius 3 is 2.76 bits per heavy atom. The van der Waals surface area contributed by atoms with E-state index in [2.05, 4.69) is 5.32 Å². The molecule has 94 valence electrons. The number of carbonyl (C=O) groups excluding carboxylic acids is 1. The molecule has 17 heavy (non-hydrogen) atoms.